The van der Waals surface area contributed by atoms with E-state index in [4.69, 9.17) is 19.9 Å². The molecule has 1 aliphatic heterocycles. The van der Waals surface area contributed by atoms with Crippen LogP contribution in [0.4, 0.5) is 5.95 Å². The summed E-state index contributed by atoms with van der Waals surface area (Å²) >= 11 is 4.48. The number of aliphatic hydroxyl groups is 1. The first-order valence-electron chi connectivity index (χ1n) is 7.17. The number of H-pyrrole nitrogens is 1. The van der Waals surface area contributed by atoms with Crippen molar-refractivity contribution >= 4 is 35.6 Å². The summed E-state index contributed by atoms with van der Waals surface area (Å²) in [5.41, 5.74) is 5.10. The van der Waals surface area contributed by atoms with Crippen LogP contribution < -0.4 is 11.3 Å². The Balaban J connectivity index is 2.06. The molecule has 6 N–H and O–H groups in total. The number of hydrogen-bond acceptors (Lipinski definition) is 10. The Morgan fingerprint density at radius 1 is 1.50 bits per heavy atom. The van der Waals surface area contributed by atoms with Crippen LogP contribution in [0, 0.1) is 0 Å². The van der Waals surface area contributed by atoms with E-state index in [0.717, 1.165) is 0 Å². The zero-order valence-electron chi connectivity index (χ0n) is 13.3. The number of nitrogens with zero attached hydrogens (tertiary/aromatic N) is 3. The van der Waals surface area contributed by atoms with Crippen molar-refractivity contribution in [3.63, 3.8) is 0 Å². The molecule has 0 aliphatic carbocycles. The lowest BCUT2D eigenvalue weighted by Crippen LogP contribution is -2.37. The van der Waals surface area contributed by atoms with E-state index in [1.807, 2.05) is 0 Å². The Morgan fingerprint density at radius 2 is 2.23 bits per heavy atom. The van der Waals surface area contributed by atoms with Crippen molar-refractivity contribution in [1.82, 2.24) is 19.5 Å². The second-order valence-electron chi connectivity index (χ2n) is 5.31. The summed E-state index contributed by atoms with van der Waals surface area (Å²) in [5, 5.41) is 9.53. The minimum absolute atomic E-state index is 0.00156. The zero-order valence-corrected chi connectivity index (χ0v) is 15.0. The van der Waals surface area contributed by atoms with E-state index in [1.165, 1.54) is 18.0 Å². The van der Waals surface area contributed by atoms with Crippen LogP contribution in [0.25, 0.3) is 11.2 Å². The fourth-order valence-corrected chi connectivity index (χ4v) is 3.58. The number of aromatic nitrogens is 4. The average Bonchev–Trinajstić information content (AvgIpc) is 3.08. The lowest BCUT2D eigenvalue weighted by Gasteiger charge is -2.24. The number of ether oxygens (including phenoxy) is 1. The van der Waals surface area contributed by atoms with Gasteiger partial charge in [-0.2, -0.15) is 4.98 Å². The monoisotopic (exact) mass is 409 g/mol. The number of nitrogens with two attached hydrogens (primary N) is 1. The molecule has 0 unspecified atom stereocenters. The highest BCUT2D eigenvalue weighted by Gasteiger charge is 2.50. The number of aliphatic hydroxyl groups excluding tert-OH is 1. The van der Waals surface area contributed by atoms with E-state index in [-0.39, 0.29) is 17.1 Å². The molecule has 1 saturated heterocycles. The van der Waals surface area contributed by atoms with Gasteiger partial charge in [-0.25, -0.2) is 14.8 Å². The predicted octanol–water partition coefficient (Wildman–Crippen LogP) is -1.87. The molecule has 0 bridgehead atoms. The summed E-state index contributed by atoms with van der Waals surface area (Å²) in [4.78, 5) is 51.0. The van der Waals surface area contributed by atoms with Crippen molar-refractivity contribution in [2.75, 3.05) is 19.5 Å². The summed E-state index contributed by atoms with van der Waals surface area (Å²) in [5.74, 6) is -0.140. The SMILES string of the molecule is COO[C@@H]1[C@H](OP(O)(O)=S)[C@@H](CO)O[C@H]1n1cnc2c(=O)[nH]c(N)nc21. The number of fused-ring (bicyclic) bond motifs is 1. The number of imidazole rings is 1. The van der Waals surface area contributed by atoms with Gasteiger partial charge in [0.2, 0.25) is 5.95 Å². The van der Waals surface area contributed by atoms with Crippen molar-refractivity contribution in [3.05, 3.63) is 16.7 Å². The third kappa shape index (κ3) is 3.64. The molecular weight excluding hydrogens is 393 g/mol. The average molecular weight is 409 g/mol. The third-order valence-electron chi connectivity index (χ3n) is 3.66. The predicted molar refractivity (Wildman–Crippen MR) is 89.0 cm³/mol. The van der Waals surface area contributed by atoms with Crippen molar-refractivity contribution in [2.45, 2.75) is 24.5 Å². The molecule has 3 rings (SSSR count). The fourth-order valence-electron chi connectivity index (χ4n) is 2.71. The van der Waals surface area contributed by atoms with Crippen LogP contribution >= 0.6 is 6.72 Å². The maximum Gasteiger partial charge on any atom is 0.322 e. The highest BCUT2D eigenvalue weighted by molar-refractivity contribution is 8.06. The largest absolute Gasteiger partial charge is 0.394 e. The number of nitrogens with one attached hydrogen (secondary N) is 1. The molecule has 1 aliphatic rings. The van der Waals surface area contributed by atoms with E-state index in [1.54, 1.807) is 0 Å². The van der Waals surface area contributed by atoms with Gasteiger partial charge in [0.1, 0.15) is 12.2 Å². The highest BCUT2D eigenvalue weighted by atomic mass is 32.5. The van der Waals surface area contributed by atoms with Gasteiger partial charge in [0, 0.05) is 0 Å². The molecule has 0 saturated carbocycles. The molecule has 2 aromatic heterocycles. The topological polar surface area (TPSA) is 187 Å². The maximum atomic E-state index is 11.9. The van der Waals surface area contributed by atoms with Crippen LogP contribution in [0.5, 0.6) is 0 Å². The van der Waals surface area contributed by atoms with Gasteiger partial charge >= 0.3 is 6.72 Å². The Labute approximate surface area is 150 Å². The molecule has 4 atom stereocenters. The number of rotatable bonds is 6. The molecule has 0 amide bonds. The van der Waals surface area contributed by atoms with Gasteiger partial charge in [0.15, 0.2) is 23.5 Å². The number of nitrogen functional groups attached to an aromatic ring is 1. The van der Waals surface area contributed by atoms with Gasteiger partial charge in [0.05, 0.1) is 20.0 Å². The fraction of sp³-hybridized carbons (Fsp3) is 0.545. The first-order valence-corrected chi connectivity index (χ1v) is 9.79. The van der Waals surface area contributed by atoms with Crippen LogP contribution in [-0.4, -0.2) is 66.4 Å². The lowest BCUT2D eigenvalue weighted by atomic mass is 10.1. The second-order valence-corrected chi connectivity index (χ2v) is 7.93. The van der Waals surface area contributed by atoms with Crippen molar-refractivity contribution in [2.24, 2.45) is 0 Å². The normalized spacial score (nSPS) is 26.6. The molecular formula is C11H16N5O8PS. The van der Waals surface area contributed by atoms with Crippen LogP contribution in [0.15, 0.2) is 11.1 Å². The summed E-state index contributed by atoms with van der Waals surface area (Å²) in [6.07, 6.45) is -3.09. The first-order chi connectivity index (χ1) is 12.2. The summed E-state index contributed by atoms with van der Waals surface area (Å²) in [7, 11) is 1.22. The van der Waals surface area contributed by atoms with E-state index in [2.05, 4.69) is 31.6 Å². The molecule has 2 aromatic rings. The first kappa shape index (κ1) is 19.3. The summed E-state index contributed by atoms with van der Waals surface area (Å²) in [6.45, 7) is -4.64. The zero-order chi connectivity index (χ0) is 19.1. The lowest BCUT2D eigenvalue weighted by molar-refractivity contribution is -0.326. The Morgan fingerprint density at radius 3 is 2.85 bits per heavy atom. The van der Waals surface area contributed by atoms with Gasteiger partial charge in [-0.15, -0.1) is 0 Å². The van der Waals surface area contributed by atoms with Crippen LogP contribution in [0.3, 0.4) is 0 Å². The van der Waals surface area contributed by atoms with Gasteiger partial charge in [-0.05, 0) is 11.8 Å². The van der Waals surface area contributed by atoms with Crippen molar-refractivity contribution in [3.8, 4) is 0 Å². The van der Waals surface area contributed by atoms with Crippen molar-refractivity contribution in [1.29, 1.82) is 0 Å². The summed E-state index contributed by atoms with van der Waals surface area (Å²) < 4.78 is 12.0. The molecule has 3 heterocycles. The quantitative estimate of drug-likeness (QED) is 0.203. The van der Waals surface area contributed by atoms with Crippen LogP contribution in [0.2, 0.25) is 0 Å². The Bertz CT molecular complexity index is 898. The van der Waals surface area contributed by atoms with Crippen LogP contribution in [0.1, 0.15) is 6.23 Å². The maximum absolute atomic E-state index is 11.9. The summed E-state index contributed by atoms with van der Waals surface area (Å²) in [6, 6.07) is 0. The van der Waals surface area contributed by atoms with Gasteiger partial charge in [-0.3, -0.25) is 18.9 Å². The Hall–Kier alpha value is -1.48. The van der Waals surface area contributed by atoms with E-state index >= 15 is 0 Å². The standard InChI is InChI=1S/C11H16N5O8PS/c1-21-23-7-6(24-25(19,20)26)4(2-17)22-10(7)16-3-13-5-8(16)14-11(12)15-9(5)18/h3-4,6-7,10,17H,2H2,1H3,(H2,19,20,26)(H3,12,14,15,18)/t4-,6-,7-,10-/m1/s1. The molecule has 26 heavy (non-hydrogen) atoms. The molecule has 144 valence electrons. The number of anilines is 1. The highest BCUT2D eigenvalue weighted by Crippen LogP contribution is 2.45. The molecule has 0 spiro atoms. The third-order valence-corrected chi connectivity index (χ3v) is 4.43. The van der Waals surface area contributed by atoms with Crippen LogP contribution in [-0.2, 0) is 30.8 Å². The van der Waals surface area contributed by atoms with E-state index in [9.17, 15) is 19.7 Å². The van der Waals surface area contributed by atoms with E-state index in [0.29, 0.717) is 0 Å². The van der Waals surface area contributed by atoms with Gasteiger partial charge in [-0.1, -0.05) is 0 Å². The van der Waals surface area contributed by atoms with Gasteiger partial charge in [0.25, 0.3) is 5.56 Å². The number of aromatic amines is 1. The van der Waals surface area contributed by atoms with E-state index < -0.39 is 43.4 Å². The molecule has 1 fully saturated rings. The van der Waals surface area contributed by atoms with Gasteiger partial charge < -0.3 is 25.4 Å². The smallest absolute Gasteiger partial charge is 0.322 e. The molecule has 15 heteroatoms. The Kier molecular flexibility index (Phi) is 5.39. The molecule has 0 aromatic carbocycles. The molecule has 0 radical (unpaired) electrons. The number of hydrogen-bond donors (Lipinski definition) is 5. The molecule has 13 nitrogen and oxygen atoms in total. The minimum Gasteiger partial charge on any atom is -0.394 e. The van der Waals surface area contributed by atoms with Crippen molar-refractivity contribution < 1.29 is 33.9 Å². The minimum atomic E-state index is -4.10. The second kappa shape index (κ2) is 7.26.